The summed E-state index contributed by atoms with van der Waals surface area (Å²) in [6, 6.07) is 21.6. The second-order valence-electron chi connectivity index (χ2n) is 7.85. The Balaban J connectivity index is 1.82. The van der Waals surface area contributed by atoms with Crippen molar-refractivity contribution in [1.29, 1.82) is 0 Å². The fourth-order valence-corrected chi connectivity index (χ4v) is 15.4. The summed E-state index contributed by atoms with van der Waals surface area (Å²) in [6.07, 6.45) is 1.35. The van der Waals surface area contributed by atoms with E-state index in [4.69, 9.17) is 7.49 Å². The third-order valence-electron chi connectivity index (χ3n) is 5.44. The van der Waals surface area contributed by atoms with E-state index in [2.05, 4.69) is 0 Å². The van der Waals surface area contributed by atoms with Crippen molar-refractivity contribution in [1.82, 2.24) is 0 Å². The van der Waals surface area contributed by atoms with E-state index < -0.39 is 42.2 Å². The molecule has 0 aliphatic rings. The van der Waals surface area contributed by atoms with Gasteiger partial charge in [-0.05, 0) is 0 Å². The Morgan fingerprint density at radius 3 is 1.45 bits per heavy atom. The molecule has 0 amide bonds. The van der Waals surface area contributed by atoms with Gasteiger partial charge in [-0.3, -0.25) is 0 Å². The molecule has 0 saturated heterocycles. The molecule has 0 fully saturated rings. The van der Waals surface area contributed by atoms with Crippen molar-refractivity contribution >= 4 is 24.8 Å². The van der Waals surface area contributed by atoms with Crippen LogP contribution in [0.25, 0.3) is 0 Å². The van der Waals surface area contributed by atoms with Gasteiger partial charge in [0, 0.05) is 0 Å². The molecule has 4 rings (SSSR count). The molecule has 1 aromatic heterocycles. The van der Waals surface area contributed by atoms with E-state index in [0.717, 1.165) is 0 Å². The molecule has 0 radical (unpaired) electrons. The van der Waals surface area contributed by atoms with Crippen LogP contribution in [0.15, 0.2) is 95.6 Å². The molecular formula is C26H21F3O3Sn. The first kappa shape index (κ1) is 23.2. The number of carbonyl (C=O) groups excluding carboxylic acids is 1. The standard InChI is InChI=1S/3C7H6F.C5H4O3.Sn/c3*1-6-4-2-3-5-7(6)8;6-5(7)4-2-1-3-8-4;/h3*2-5H,1H2;1-3H,(H,6,7);/q;;;;+1/p-1. The van der Waals surface area contributed by atoms with Gasteiger partial charge in [-0.1, -0.05) is 0 Å². The molecule has 1 heterocycles. The number of benzene rings is 3. The van der Waals surface area contributed by atoms with Crippen molar-refractivity contribution in [3.63, 3.8) is 0 Å². The zero-order valence-corrected chi connectivity index (χ0v) is 20.5. The van der Waals surface area contributed by atoms with Gasteiger partial charge in [-0.15, -0.1) is 0 Å². The minimum atomic E-state index is -4.46. The normalized spacial score (nSPS) is 11.4. The van der Waals surface area contributed by atoms with Gasteiger partial charge >= 0.3 is 195 Å². The Hall–Kier alpha value is -3.00. The first-order valence-electron chi connectivity index (χ1n) is 10.4. The Morgan fingerprint density at radius 2 is 1.09 bits per heavy atom. The van der Waals surface area contributed by atoms with Crippen LogP contribution < -0.4 is 0 Å². The van der Waals surface area contributed by atoms with Crippen LogP contribution in [0, 0.1) is 17.5 Å². The second-order valence-corrected chi connectivity index (χ2v) is 18.2. The Morgan fingerprint density at radius 1 is 0.667 bits per heavy atom. The summed E-state index contributed by atoms with van der Waals surface area (Å²) in [5, 5.41) is 0. The van der Waals surface area contributed by atoms with Crippen LogP contribution in [-0.2, 0) is 16.4 Å². The van der Waals surface area contributed by atoms with Crippen LogP contribution in [0.1, 0.15) is 27.2 Å². The van der Waals surface area contributed by atoms with Crippen molar-refractivity contribution in [2.75, 3.05) is 0 Å². The van der Waals surface area contributed by atoms with Crippen LogP contribution in [0.2, 0.25) is 0 Å². The molecule has 0 spiro atoms. The fraction of sp³-hybridized carbons (Fsp3) is 0.115. The third-order valence-corrected chi connectivity index (χ3v) is 16.0. The van der Waals surface area contributed by atoms with Gasteiger partial charge in [0.15, 0.2) is 0 Å². The summed E-state index contributed by atoms with van der Waals surface area (Å²) < 4.78 is 55.7. The quantitative estimate of drug-likeness (QED) is 0.245. The summed E-state index contributed by atoms with van der Waals surface area (Å²) in [6.45, 7) is 0. The molecule has 7 heteroatoms. The van der Waals surface area contributed by atoms with Crippen molar-refractivity contribution in [3.8, 4) is 0 Å². The summed E-state index contributed by atoms with van der Waals surface area (Å²) in [5.41, 5.74) is 1.06. The SMILES string of the molecule is O=C([O][Sn]([CH2]c1ccccc1F)([CH2]c1ccccc1F)[CH2]c1ccccc1F)c1ccco1. The predicted molar refractivity (Wildman–Crippen MR) is 120 cm³/mol. The van der Waals surface area contributed by atoms with Gasteiger partial charge < -0.3 is 0 Å². The average molecular weight is 557 g/mol. The monoisotopic (exact) mass is 558 g/mol. The van der Waals surface area contributed by atoms with Gasteiger partial charge in [0.25, 0.3) is 0 Å². The molecule has 168 valence electrons. The number of furan rings is 1. The van der Waals surface area contributed by atoms with E-state index in [0.29, 0.717) is 16.7 Å². The zero-order chi connectivity index (χ0) is 23.3. The van der Waals surface area contributed by atoms with Crippen molar-refractivity contribution in [2.24, 2.45) is 0 Å². The minimum absolute atomic E-state index is 0.00771. The molecule has 0 aliphatic heterocycles. The Bertz CT molecular complexity index is 1130. The number of halogens is 3. The fourth-order valence-electron chi connectivity index (χ4n) is 3.90. The molecule has 0 atom stereocenters. The van der Waals surface area contributed by atoms with Crippen LogP contribution >= 0.6 is 0 Å². The van der Waals surface area contributed by atoms with E-state index in [1.807, 2.05) is 0 Å². The molecule has 4 aromatic rings. The predicted octanol–water partition coefficient (Wildman–Crippen LogP) is 6.14. The van der Waals surface area contributed by atoms with Gasteiger partial charge in [-0.25, -0.2) is 0 Å². The number of hydrogen-bond donors (Lipinski definition) is 0. The molecule has 33 heavy (non-hydrogen) atoms. The molecule has 0 saturated carbocycles. The van der Waals surface area contributed by atoms with Crippen LogP contribution in [-0.4, -0.2) is 24.8 Å². The van der Waals surface area contributed by atoms with Gasteiger partial charge in [0.05, 0.1) is 0 Å². The summed E-state index contributed by atoms with van der Waals surface area (Å²) in [7, 11) is 0. The topological polar surface area (TPSA) is 39.4 Å². The van der Waals surface area contributed by atoms with E-state index in [1.54, 1.807) is 60.7 Å². The summed E-state index contributed by atoms with van der Waals surface area (Å²) >= 11 is -4.46. The van der Waals surface area contributed by atoms with Crippen LogP contribution in [0.5, 0.6) is 0 Å². The van der Waals surface area contributed by atoms with E-state index in [1.165, 1.54) is 30.5 Å². The van der Waals surface area contributed by atoms with Crippen molar-refractivity contribution < 1.29 is 25.5 Å². The maximum absolute atomic E-state index is 14.7. The number of rotatable bonds is 8. The second kappa shape index (κ2) is 10.3. The van der Waals surface area contributed by atoms with Crippen molar-refractivity contribution in [2.45, 2.75) is 13.3 Å². The summed E-state index contributed by atoms with van der Waals surface area (Å²) in [5.74, 6) is -2.06. The van der Waals surface area contributed by atoms with E-state index >= 15 is 0 Å². The third kappa shape index (κ3) is 5.68. The molecular weight excluding hydrogens is 536 g/mol. The number of hydrogen-bond acceptors (Lipinski definition) is 3. The van der Waals surface area contributed by atoms with Gasteiger partial charge in [0.2, 0.25) is 0 Å². The van der Waals surface area contributed by atoms with Gasteiger partial charge in [0.1, 0.15) is 0 Å². The molecule has 0 unspecified atom stereocenters. The molecule has 0 N–H and O–H groups in total. The zero-order valence-electron chi connectivity index (χ0n) is 17.6. The van der Waals surface area contributed by atoms with Crippen LogP contribution in [0.3, 0.4) is 0 Å². The van der Waals surface area contributed by atoms with E-state index in [-0.39, 0.29) is 19.1 Å². The first-order chi connectivity index (χ1) is 16.0. The average Bonchev–Trinajstić information content (AvgIpc) is 3.34. The first-order valence-corrected chi connectivity index (χ1v) is 17.6. The molecule has 3 aromatic carbocycles. The Labute approximate surface area is 194 Å². The molecule has 0 aliphatic carbocycles. The van der Waals surface area contributed by atoms with Crippen LogP contribution in [0.4, 0.5) is 13.2 Å². The summed E-state index contributed by atoms with van der Waals surface area (Å²) in [4.78, 5) is 13.0. The molecule has 0 bridgehead atoms. The van der Waals surface area contributed by atoms with Crippen molar-refractivity contribution in [3.05, 3.63) is 131 Å². The van der Waals surface area contributed by atoms with Gasteiger partial charge in [-0.2, -0.15) is 0 Å². The Kier molecular flexibility index (Phi) is 7.22. The van der Waals surface area contributed by atoms with E-state index in [9.17, 15) is 18.0 Å². The maximum atomic E-state index is 14.7. The molecule has 3 nitrogen and oxygen atoms in total. The number of carbonyl (C=O) groups is 1.